The summed E-state index contributed by atoms with van der Waals surface area (Å²) in [7, 11) is -3.51. The molecule has 0 radical (unpaired) electrons. The molecule has 0 amide bonds. The summed E-state index contributed by atoms with van der Waals surface area (Å²) in [6.07, 6.45) is 5.64. The molecule has 29 heavy (non-hydrogen) atoms. The van der Waals surface area contributed by atoms with E-state index in [0.29, 0.717) is 42.5 Å². The Hall–Kier alpha value is -2.99. The highest BCUT2D eigenvalue weighted by Gasteiger charge is 2.27. The molecule has 0 spiro atoms. The highest BCUT2D eigenvalue weighted by Crippen LogP contribution is 2.33. The van der Waals surface area contributed by atoms with E-state index in [2.05, 4.69) is 25.3 Å². The summed E-state index contributed by atoms with van der Waals surface area (Å²) in [5.41, 5.74) is 0.624. The fraction of sp³-hybridized carbons (Fsp3) is 0.412. The standard InChI is InChI=1S/C17H21N7O4S/c18-29(27,28)9-10-3-5-11(6-4-10)24-14-13(22-17(24)26)8-20-16(23-14)21-12-2-1-7-19-15(12)25/h1-2,7-8,10-11H,3-6,9H2,(H,19,25)(H,22,26)(H2,18,27,28)(H,20,21,23). The molecule has 1 saturated carbocycles. The largest absolute Gasteiger partial charge is 0.327 e. The SMILES string of the molecule is NS(=O)(=O)CC1CCC(n2c(=O)[nH]c3cnc(Nc4ccc[nH]c4=O)nc32)CC1. The van der Waals surface area contributed by atoms with Crippen molar-refractivity contribution in [2.24, 2.45) is 11.1 Å². The van der Waals surface area contributed by atoms with Crippen molar-refractivity contribution >= 4 is 32.8 Å². The lowest BCUT2D eigenvalue weighted by Crippen LogP contribution is -2.30. The number of H-pyrrole nitrogens is 2. The van der Waals surface area contributed by atoms with Gasteiger partial charge >= 0.3 is 5.69 Å². The van der Waals surface area contributed by atoms with Crippen molar-refractivity contribution in [2.45, 2.75) is 31.7 Å². The minimum absolute atomic E-state index is 0.00110. The van der Waals surface area contributed by atoms with E-state index in [-0.39, 0.29) is 34.9 Å². The van der Waals surface area contributed by atoms with E-state index in [0.717, 1.165) is 0 Å². The van der Waals surface area contributed by atoms with Crippen molar-refractivity contribution in [1.29, 1.82) is 0 Å². The Morgan fingerprint density at radius 1 is 1.24 bits per heavy atom. The van der Waals surface area contributed by atoms with Crippen LogP contribution in [-0.4, -0.2) is 38.7 Å². The van der Waals surface area contributed by atoms with Gasteiger partial charge in [-0.1, -0.05) is 0 Å². The summed E-state index contributed by atoms with van der Waals surface area (Å²) in [6.45, 7) is 0. The number of nitrogens with two attached hydrogens (primary N) is 1. The number of rotatable bonds is 5. The maximum absolute atomic E-state index is 12.5. The summed E-state index contributed by atoms with van der Waals surface area (Å²) in [5, 5.41) is 8.01. The van der Waals surface area contributed by atoms with Crippen LogP contribution in [0.1, 0.15) is 31.7 Å². The van der Waals surface area contributed by atoms with Gasteiger partial charge in [-0.05, 0) is 43.7 Å². The van der Waals surface area contributed by atoms with E-state index in [1.165, 1.54) is 12.4 Å². The van der Waals surface area contributed by atoms with E-state index in [1.807, 2.05) is 0 Å². The molecular formula is C17H21N7O4S. The van der Waals surface area contributed by atoms with Gasteiger partial charge in [0, 0.05) is 12.2 Å². The number of imidazole rings is 1. The molecule has 1 fully saturated rings. The lowest BCUT2D eigenvalue weighted by atomic mass is 9.87. The first-order chi connectivity index (χ1) is 13.8. The normalized spacial score (nSPS) is 20.0. The molecule has 1 aliphatic rings. The Bertz CT molecular complexity index is 1250. The number of aromatic nitrogens is 5. The van der Waals surface area contributed by atoms with Gasteiger partial charge in [-0.3, -0.25) is 9.36 Å². The van der Waals surface area contributed by atoms with Crippen molar-refractivity contribution in [3.63, 3.8) is 0 Å². The van der Waals surface area contributed by atoms with Crippen LogP contribution in [0.25, 0.3) is 11.2 Å². The highest BCUT2D eigenvalue weighted by atomic mass is 32.2. The molecule has 0 aromatic carbocycles. The van der Waals surface area contributed by atoms with Gasteiger partial charge in [0.2, 0.25) is 16.0 Å². The van der Waals surface area contributed by atoms with Gasteiger partial charge in [-0.2, -0.15) is 4.98 Å². The average Bonchev–Trinajstić information content (AvgIpc) is 2.98. The van der Waals surface area contributed by atoms with Crippen molar-refractivity contribution in [3.8, 4) is 0 Å². The number of aromatic amines is 2. The van der Waals surface area contributed by atoms with Gasteiger partial charge in [-0.25, -0.2) is 23.3 Å². The molecule has 0 unspecified atom stereocenters. The Morgan fingerprint density at radius 2 is 2.00 bits per heavy atom. The fourth-order valence-corrected chi connectivity index (χ4v) is 4.84. The number of nitrogens with zero attached hydrogens (tertiary/aromatic N) is 3. The quantitative estimate of drug-likeness (QED) is 0.468. The average molecular weight is 419 g/mol. The van der Waals surface area contributed by atoms with E-state index in [1.54, 1.807) is 16.7 Å². The molecule has 3 heterocycles. The second kappa shape index (κ2) is 7.44. The molecule has 154 valence electrons. The van der Waals surface area contributed by atoms with Gasteiger partial charge in [0.15, 0.2) is 5.65 Å². The predicted molar refractivity (Wildman–Crippen MR) is 107 cm³/mol. The minimum Gasteiger partial charge on any atom is -0.327 e. The van der Waals surface area contributed by atoms with Gasteiger partial charge < -0.3 is 15.3 Å². The van der Waals surface area contributed by atoms with Gasteiger partial charge in [0.05, 0.1) is 11.9 Å². The second-order valence-electron chi connectivity index (χ2n) is 7.27. The van der Waals surface area contributed by atoms with Gasteiger partial charge in [-0.15, -0.1) is 0 Å². The monoisotopic (exact) mass is 419 g/mol. The van der Waals surface area contributed by atoms with Crippen molar-refractivity contribution < 1.29 is 8.42 Å². The van der Waals surface area contributed by atoms with Crippen LogP contribution < -0.4 is 21.7 Å². The van der Waals surface area contributed by atoms with Crippen molar-refractivity contribution in [3.05, 3.63) is 45.4 Å². The minimum atomic E-state index is -3.51. The Kier molecular flexibility index (Phi) is 4.96. The molecule has 3 aromatic rings. The summed E-state index contributed by atoms with van der Waals surface area (Å²) in [6, 6.07) is 3.17. The molecule has 0 bridgehead atoms. The Balaban J connectivity index is 1.60. The summed E-state index contributed by atoms with van der Waals surface area (Å²) in [4.78, 5) is 38.3. The third kappa shape index (κ3) is 4.22. The van der Waals surface area contributed by atoms with Crippen LogP contribution in [0.4, 0.5) is 11.6 Å². The molecule has 11 nitrogen and oxygen atoms in total. The maximum Gasteiger partial charge on any atom is 0.327 e. The van der Waals surface area contributed by atoms with E-state index < -0.39 is 10.0 Å². The smallest absolute Gasteiger partial charge is 0.327 e. The highest BCUT2D eigenvalue weighted by molar-refractivity contribution is 7.89. The van der Waals surface area contributed by atoms with Gasteiger partial charge in [0.1, 0.15) is 11.2 Å². The van der Waals surface area contributed by atoms with Crippen LogP contribution in [0.5, 0.6) is 0 Å². The van der Waals surface area contributed by atoms with Crippen LogP contribution in [0.3, 0.4) is 0 Å². The zero-order valence-corrected chi connectivity index (χ0v) is 16.3. The topological polar surface area (TPSA) is 169 Å². The van der Waals surface area contributed by atoms with Crippen LogP contribution in [0.15, 0.2) is 34.1 Å². The first-order valence-corrected chi connectivity index (χ1v) is 10.9. The molecule has 0 aliphatic heterocycles. The number of sulfonamides is 1. The number of hydrogen-bond acceptors (Lipinski definition) is 7. The molecule has 3 aromatic heterocycles. The van der Waals surface area contributed by atoms with Crippen LogP contribution in [-0.2, 0) is 10.0 Å². The third-order valence-corrected chi connectivity index (χ3v) is 6.11. The van der Waals surface area contributed by atoms with Crippen molar-refractivity contribution in [1.82, 2.24) is 24.5 Å². The lowest BCUT2D eigenvalue weighted by Gasteiger charge is -2.28. The summed E-state index contributed by atoms with van der Waals surface area (Å²) >= 11 is 0. The molecule has 5 N–H and O–H groups in total. The maximum atomic E-state index is 12.5. The number of pyridine rings is 1. The number of fused-ring (bicyclic) bond motifs is 1. The van der Waals surface area contributed by atoms with Crippen LogP contribution in [0, 0.1) is 5.92 Å². The Morgan fingerprint density at radius 3 is 2.69 bits per heavy atom. The molecule has 1 aliphatic carbocycles. The number of primary sulfonamides is 1. The first-order valence-electron chi connectivity index (χ1n) is 9.22. The van der Waals surface area contributed by atoms with E-state index in [4.69, 9.17) is 5.14 Å². The lowest BCUT2D eigenvalue weighted by molar-refractivity contribution is 0.290. The second-order valence-corrected chi connectivity index (χ2v) is 8.93. The molecule has 12 heteroatoms. The van der Waals surface area contributed by atoms with E-state index in [9.17, 15) is 18.0 Å². The number of nitrogens with one attached hydrogen (secondary N) is 3. The van der Waals surface area contributed by atoms with Crippen LogP contribution >= 0.6 is 0 Å². The zero-order chi connectivity index (χ0) is 20.6. The predicted octanol–water partition coefficient (Wildman–Crippen LogP) is 0.571. The van der Waals surface area contributed by atoms with Crippen molar-refractivity contribution in [2.75, 3.05) is 11.1 Å². The number of hydrogen-bond donors (Lipinski definition) is 4. The van der Waals surface area contributed by atoms with Crippen LogP contribution in [0.2, 0.25) is 0 Å². The third-order valence-electron chi connectivity index (χ3n) is 5.17. The summed E-state index contributed by atoms with van der Waals surface area (Å²) < 4.78 is 24.2. The fourth-order valence-electron chi connectivity index (χ4n) is 3.85. The van der Waals surface area contributed by atoms with E-state index >= 15 is 0 Å². The molecule has 0 atom stereocenters. The van der Waals surface area contributed by atoms with Gasteiger partial charge in [0.25, 0.3) is 5.56 Å². The number of anilines is 2. The zero-order valence-electron chi connectivity index (χ0n) is 15.5. The Labute approximate surface area is 165 Å². The molecular weight excluding hydrogens is 398 g/mol. The summed E-state index contributed by atoms with van der Waals surface area (Å²) in [5.74, 6) is 0.161. The first kappa shape index (κ1) is 19.3. The molecule has 0 saturated heterocycles. The molecule has 4 rings (SSSR count).